The summed E-state index contributed by atoms with van der Waals surface area (Å²) in [5.74, 6) is 0.0205. The summed E-state index contributed by atoms with van der Waals surface area (Å²) in [5, 5.41) is 3.01. The van der Waals surface area contributed by atoms with Crippen molar-refractivity contribution in [2.75, 3.05) is 0 Å². The van der Waals surface area contributed by atoms with E-state index in [1.807, 2.05) is 30.3 Å². The third kappa shape index (κ3) is 2.69. The maximum atomic E-state index is 11.8. The summed E-state index contributed by atoms with van der Waals surface area (Å²) in [6, 6.07) is 9.56. The molecule has 2 heteroatoms. The number of carbonyl (C=O) groups is 1. The summed E-state index contributed by atoms with van der Waals surface area (Å²) in [6.07, 6.45) is 7.58. The summed E-state index contributed by atoms with van der Waals surface area (Å²) in [5.41, 5.74) is 0.733. The van der Waals surface area contributed by atoms with Crippen LogP contribution in [-0.2, 0) is 0 Å². The van der Waals surface area contributed by atoms with Crippen LogP contribution in [0.25, 0.3) is 0 Å². The summed E-state index contributed by atoms with van der Waals surface area (Å²) >= 11 is 0. The molecule has 0 fully saturated rings. The minimum Gasteiger partial charge on any atom is -0.346 e. The second kappa shape index (κ2) is 4.78. The predicted molar refractivity (Wildman–Crippen MR) is 60.7 cm³/mol. The molecular weight excluding hydrogens is 186 g/mol. The fourth-order valence-corrected chi connectivity index (χ4v) is 1.77. The van der Waals surface area contributed by atoms with E-state index in [4.69, 9.17) is 0 Å². The molecule has 0 bridgehead atoms. The predicted octanol–water partition coefficient (Wildman–Crippen LogP) is 2.53. The Labute approximate surface area is 90.0 Å². The second-order valence-electron chi connectivity index (χ2n) is 3.81. The number of allylic oxidation sites excluding steroid dienone is 1. The Kier molecular flexibility index (Phi) is 3.18. The molecule has 0 saturated carbocycles. The number of rotatable bonds is 2. The number of hydrogen-bond donors (Lipinski definition) is 1. The molecule has 78 valence electrons. The van der Waals surface area contributed by atoms with Crippen molar-refractivity contribution in [1.29, 1.82) is 0 Å². The van der Waals surface area contributed by atoms with Gasteiger partial charge in [0.15, 0.2) is 0 Å². The van der Waals surface area contributed by atoms with Crippen LogP contribution in [0, 0.1) is 0 Å². The molecule has 1 aliphatic rings. The van der Waals surface area contributed by atoms with E-state index in [1.54, 1.807) is 0 Å². The summed E-state index contributed by atoms with van der Waals surface area (Å²) in [6.45, 7) is 0. The van der Waals surface area contributed by atoms with Gasteiger partial charge in [0.05, 0.1) is 0 Å². The Morgan fingerprint density at radius 1 is 1.27 bits per heavy atom. The SMILES string of the molecule is O=C(NC1C=CCCC1)c1ccccc1. The maximum Gasteiger partial charge on any atom is 0.251 e. The zero-order valence-electron chi connectivity index (χ0n) is 8.65. The van der Waals surface area contributed by atoms with Gasteiger partial charge in [0.25, 0.3) is 5.91 Å². The van der Waals surface area contributed by atoms with Crippen molar-refractivity contribution in [2.24, 2.45) is 0 Å². The Balaban J connectivity index is 1.98. The third-order valence-corrected chi connectivity index (χ3v) is 2.61. The zero-order valence-corrected chi connectivity index (χ0v) is 8.65. The fourth-order valence-electron chi connectivity index (χ4n) is 1.77. The molecule has 1 aromatic rings. The first kappa shape index (κ1) is 9.97. The van der Waals surface area contributed by atoms with Crippen LogP contribution in [0.4, 0.5) is 0 Å². The lowest BCUT2D eigenvalue weighted by atomic mass is 10.0. The highest BCUT2D eigenvalue weighted by Gasteiger charge is 2.12. The molecule has 15 heavy (non-hydrogen) atoms. The molecule has 0 radical (unpaired) electrons. The van der Waals surface area contributed by atoms with Gasteiger partial charge < -0.3 is 5.32 Å². The molecule has 0 aliphatic heterocycles. The Bertz CT molecular complexity index is 356. The molecule has 0 spiro atoms. The normalized spacial score (nSPS) is 19.9. The van der Waals surface area contributed by atoms with Gasteiger partial charge in [-0.25, -0.2) is 0 Å². The zero-order chi connectivity index (χ0) is 10.5. The van der Waals surface area contributed by atoms with E-state index in [0.29, 0.717) is 0 Å². The van der Waals surface area contributed by atoms with Gasteiger partial charge in [-0.05, 0) is 31.4 Å². The van der Waals surface area contributed by atoms with Crippen molar-refractivity contribution in [3.63, 3.8) is 0 Å². The number of carbonyl (C=O) groups excluding carboxylic acids is 1. The molecular formula is C13H15NO. The van der Waals surface area contributed by atoms with Gasteiger partial charge in [0.1, 0.15) is 0 Å². The lowest BCUT2D eigenvalue weighted by Crippen LogP contribution is -2.34. The van der Waals surface area contributed by atoms with Crippen LogP contribution >= 0.6 is 0 Å². The summed E-state index contributed by atoms with van der Waals surface area (Å²) in [7, 11) is 0. The Hall–Kier alpha value is -1.57. The Morgan fingerprint density at radius 2 is 2.07 bits per heavy atom. The van der Waals surface area contributed by atoms with Gasteiger partial charge >= 0.3 is 0 Å². The molecule has 1 aromatic carbocycles. The van der Waals surface area contributed by atoms with E-state index in [0.717, 1.165) is 24.8 Å². The van der Waals surface area contributed by atoms with Crippen molar-refractivity contribution in [2.45, 2.75) is 25.3 Å². The van der Waals surface area contributed by atoms with Gasteiger partial charge in [0, 0.05) is 11.6 Å². The molecule has 1 unspecified atom stereocenters. The van der Waals surface area contributed by atoms with E-state index < -0.39 is 0 Å². The van der Waals surface area contributed by atoms with Crippen molar-refractivity contribution in [3.05, 3.63) is 48.0 Å². The smallest absolute Gasteiger partial charge is 0.251 e. The number of nitrogens with one attached hydrogen (secondary N) is 1. The first-order valence-corrected chi connectivity index (χ1v) is 5.39. The van der Waals surface area contributed by atoms with Crippen LogP contribution in [0.3, 0.4) is 0 Å². The van der Waals surface area contributed by atoms with Crippen LogP contribution in [0.1, 0.15) is 29.6 Å². The summed E-state index contributed by atoms with van der Waals surface area (Å²) in [4.78, 5) is 11.8. The van der Waals surface area contributed by atoms with Crippen LogP contribution in [0.5, 0.6) is 0 Å². The van der Waals surface area contributed by atoms with E-state index >= 15 is 0 Å². The molecule has 1 amide bonds. The average Bonchev–Trinajstić information content (AvgIpc) is 2.31. The number of amides is 1. The Morgan fingerprint density at radius 3 is 2.73 bits per heavy atom. The lowest BCUT2D eigenvalue weighted by Gasteiger charge is -2.17. The van der Waals surface area contributed by atoms with E-state index in [9.17, 15) is 4.79 Å². The largest absolute Gasteiger partial charge is 0.346 e. The van der Waals surface area contributed by atoms with E-state index in [2.05, 4.69) is 17.5 Å². The van der Waals surface area contributed by atoms with Crippen molar-refractivity contribution >= 4 is 5.91 Å². The first-order valence-electron chi connectivity index (χ1n) is 5.39. The fraction of sp³-hybridized carbons (Fsp3) is 0.308. The van der Waals surface area contributed by atoms with Crippen LogP contribution in [0.2, 0.25) is 0 Å². The highest BCUT2D eigenvalue weighted by molar-refractivity contribution is 5.94. The summed E-state index contributed by atoms with van der Waals surface area (Å²) < 4.78 is 0. The maximum absolute atomic E-state index is 11.8. The van der Waals surface area contributed by atoms with Gasteiger partial charge in [0.2, 0.25) is 0 Å². The quantitative estimate of drug-likeness (QED) is 0.732. The molecule has 1 N–H and O–H groups in total. The van der Waals surface area contributed by atoms with Gasteiger partial charge in [-0.2, -0.15) is 0 Å². The lowest BCUT2D eigenvalue weighted by molar-refractivity contribution is 0.0942. The number of benzene rings is 1. The average molecular weight is 201 g/mol. The highest BCUT2D eigenvalue weighted by atomic mass is 16.1. The molecule has 1 aliphatic carbocycles. The first-order chi connectivity index (χ1) is 7.36. The van der Waals surface area contributed by atoms with Crippen LogP contribution < -0.4 is 5.32 Å². The number of hydrogen-bond acceptors (Lipinski definition) is 1. The van der Waals surface area contributed by atoms with Crippen LogP contribution in [0.15, 0.2) is 42.5 Å². The van der Waals surface area contributed by atoms with Crippen molar-refractivity contribution in [1.82, 2.24) is 5.32 Å². The monoisotopic (exact) mass is 201 g/mol. The molecule has 0 saturated heterocycles. The molecule has 0 heterocycles. The van der Waals surface area contributed by atoms with Crippen LogP contribution in [-0.4, -0.2) is 11.9 Å². The van der Waals surface area contributed by atoms with Crippen molar-refractivity contribution < 1.29 is 4.79 Å². The molecule has 2 nitrogen and oxygen atoms in total. The van der Waals surface area contributed by atoms with Gasteiger partial charge in [-0.1, -0.05) is 30.4 Å². The highest BCUT2D eigenvalue weighted by Crippen LogP contribution is 2.10. The van der Waals surface area contributed by atoms with Gasteiger partial charge in [-0.3, -0.25) is 4.79 Å². The minimum absolute atomic E-state index is 0.0205. The molecule has 1 atom stereocenters. The van der Waals surface area contributed by atoms with E-state index in [-0.39, 0.29) is 11.9 Å². The van der Waals surface area contributed by atoms with Gasteiger partial charge in [-0.15, -0.1) is 0 Å². The topological polar surface area (TPSA) is 29.1 Å². The molecule has 2 rings (SSSR count). The third-order valence-electron chi connectivity index (χ3n) is 2.61. The van der Waals surface area contributed by atoms with E-state index in [1.165, 1.54) is 0 Å². The standard InChI is InChI=1S/C13H15NO/c15-13(11-7-3-1-4-8-11)14-12-9-5-2-6-10-12/h1,3-5,7-9,12H,2,6,10H2,(H,14,15). The van der Waals surface area contributed by atoms with Crippen molar-refractivity contribution in [3.8, 4) is 0 Å². The second-order valence-corrected chi connectivity index (χ2v) is 3.81. The molecule has 0 aromatic heterocycles. The minimum atomic E-state index is 0.0205.